The summed E-state index contributed by atoms with van der Waals surface area (Å²) in [7, 11) is 0. The van der Waals surface area contributed by atoms with Crippen molar-refractivity contribution < 1.29 is 9.59 Å². The average Bonchev–Trinajstić information content (AvgIpc) is 2.74. The highest BCUT2D eigenvalue weighted by Gasteiger charge is 2.23. The van der Waals surface area contributed by atoms with Gasteiger partial charge in [-0.05, 0) is 29.8 Å². The lowest BCUT2D eigenvalue weighted by molar-refractivity contribution is -0.118. The van der Waals surface area contributed by atoms with Gasteiger partial charge in [0.05, 0.1) is 11.4 Å². The Bertz CT molecular complexity index is 1010. The molecule has 2 amide bonds. The number of para-hydroxylation sites is 1. The number of carbonyl (C=O) groups excluding carboxylic acids is 2. The van der Waals surface area contributed by atoms with Gasteiger partial charge in [0.25, 0.3) is 5.91 Å². The molecule has 0 heterocycles. The van der Waals surface area contributed by atoms with Gasteiger partial charge < -0.3 is 16.4 Å². The minimum atomic E-state index is -0.829. The van der Waals surface area contributed by atoms with E-state index in [1.807, 2.05) is 36.4 Å². The fourth-order valence-electron chi connectivity index (χ4n) is 2.90. The largest absolute Gasteiger partial charge is 0.397 e. The van der Waals surface area contributed by atoms with Crippen molar-refractivity contribution in [3.05, 3.63) is 90.0 Å². The first kappa shape index (κ1) is 19.8. The standard InChI is InChI=1S/C22H21N5O2/c23-17-12-7-13-18(20(17)27-24)25-22(29)19(14-15-8-3-1-4-9-15)26-21(28)16-10-5-2-6-11-16/h1-13,19,24H,14,23H2,(H,25,29)(H,26,28). The lowest BCUT2D eigenvalue weighted by Crippen LogP contribution is -2.45. The molecule has 0 fully saturated rings. The summed E-state index contributed by atoms with van der Waals surface area (Å²) in [5, 5.41) is 8.92. The highest BCUT2D eigenvalue weighted by Crippen LogP contribution is 2.31. The molecule has 0 saturated carbocycles. The number of nitrogens with one attached hydrogen (secondary N) is 3. The Kier molecular flexibility index (Phi) is 6.32. The smallest absolute Gasteiger partial charge is 0.251 e. The Labute approximate surface area is 168 Å². The molecule has 0 aromatic heterocycles. The van der Waals surface area contributed by atoms with Gasteiger partial charge in [-0.1, -0.05) is 54.6 Å². The maximum absolute atomic E-state index is 13.0. The van der Waals surface area contributed by atoms with E-state index < -0.39 is 11.9 Å². The summed E-state index contributed by atoms with van der Waals surface area (Å²) in [6.07, 6.45) is 0.306. The Morgan fingerprint density at radius 3 is 2.24 bits per heavy atom. The molecule has 0 aliphatic rings. The van der Waals surface area contributed by atoms with Crippen LogP contribution < -0.4 is 16.4 Å². The van der Waals surface area contributed by atoms with Crippen LogP contribution in [-0.2, 0) is 11.2 Å². The van der Waals surface area contributed by atoms with E-state index in [-0.39, 0.29) is 17.3 Å². The number of hydrogen-bond acceptors (Lipinski definition) is 5. The summed E-state index contributed by atoms with van der Waals surface area (Å²) >= 11 is 0. The Balaban J connectivity index is 1.84. The van der Waals surface area contributed by atoms with Gasteiger partial charge >= 0.3 is 0 Å². The number of nitrogen functional groups attached to an aromatic ring is 1. The summed E-state index contributed by atoms with van der Waals surface area (Å²) in [5.74, 6) is -0.770. The summed E-state index contributed by atoms with van der Waals surface area (Å²) in [5.41, 5.74) is 15.3. The lowest BCUT2D eigenvalue weighted by Gasteiger charge is -2.19. The van der Waals surface area contributed by atoms with Crippen LogP contribution in [0.4, 0.5) is 17.1 Å². The minimum absolute atomic E-state index is 0.175. The molecule has 1 unspecified atom stereocenters. The number of nitrogens with two attached hydrogens (primary N) is 1. The van der Waals surface area contributed by atoms with Gasteiger partial charge in [0.15, 0.2) is 0 Å². The Hall–Kier alpha value is -4.00. The molecular formula is C22H21N5O2. The zero-order valence-corrected chi connectivity index (χ0v) is 15.6. The average molecular weight is 387 g/mol. The number of nitrogens with zero attached hydrogens (tertiary/aromatic N) is 1. The number of anilines is 2. The minimum Gasteiger partial charge on any atom is -0.397 e. The number of benzene rings is 3. The molecule has 7 heteroatoms. The third kappa shape index (κ3) is 5.04. The van der Waals surface area contributed by atoms with Crippen LogP contribution in [0.5, 0.6) is 0 Å². The van der Waals surface area contributed by atoms with Gasteiger partial charge in [-0.25, -0.2) is 5.53 Å². The predicted octanol–water partition coefficient (Wildman–Crippen LogP) is 3.91. The van der Waals surface area contributed by atoms with Crippen molar-refractivity contribution in [2.24, 2.45) is 5.11 Å². The maximum atomic E-state index is 13.0. The maximum Gasteiger partial charge on any atom is 0.251 e. The molecule has 146 valence electrons. The van der Waals surface area contributed by atoms with Gasteiger partial charge in [0.2, 0.25) is 5.91 Å². The molecule has 7 nitrogen and oxygen atoms in total. The van der Waals surface area contributed by atoms with Crippen LogP contribution in [0.15, 0.2) is 84.0 Å². The van der Waals surface area contributed by atoms with E-state index in [4.69, 9.17) is 11.3 Å². The van der Waals surface area contributed by atoms with E-state index in [1.165, 1.54) is 0 Å². The third-order valence-corrected chi connectivity index (χ3v) is 4.38. The molecule has 0 spiro atoms. The number of amides is 2. The van der Waals surface area contributed by atoms with Crippen LogP contribution >= 0.6 is 0 Å². The van der Waals surface area contributed by atoms with Crippen molar-refractivity contribution in [1.82, 2.24) is 5.32 Å². The zero-order valence-electron chi connectivity index (χ0n) is 15.6. The molecule has 5 N–H and O–H groups in total. The van der Waals surface area contributed by atoms with Crippen molar-refractivity contribution in [1.29, 1.82) is 5.53 Å². The van der Waals surface area contributed by atoms with Crippen LogP contribution in [0, 0.1) is 5.53 Å². The van der Waals surface area contributed by atoms with Gasteiger partial charge in [0, 0.05) is 12.0 Å². The second-order valence-corrected chi connectivity index (χ2v) is 6.43. The first-order valence-corrected chi connectivity index (χ1v) is 9.05. The molecule has 1 atom stereocenters. The molecule has 0 bridgehead atoms. The fourth-order valence-corrected chi connectivity index (χ4v) is 2.90. The quantitative estimate of drug-likeness (QED) is 0.363. The lowest BCUT2D eigenvalue weighted by atomic mass is 10.0. The number of rotatable bonds is 7. The molecule has 3 aromatic carbocycles. The second-order valence-electron chi connectivity index (χ2n) is 6.43. The van der Waals surface area contributed by atoms with Crippen molar-refractivity contribution in [3.8, 4) is 0 Å². The van der Waals surface area contributed by atoms with E-state index in [9.17, 15) is 9.59 Å². The highest BCUT2D eigenvalue weighted by molar-refractivity contribution is 6.03. The molecular weight excluding hydrogens is 366 g/mol. The second kappa shape index (κ2) is 9.27. The van der Waals surface area contributed by atoms with Gasteiger partial charge in [-0.15, -0.1) is 0 Å². The van der Waals surface area contributed by atoms with Crippen LogP contribution in [0.1, 0.15) is 15.9 Å². The van der Waals surface area contributed by atoms with E-state index in [1.54, 1.807) is 42.5 Å². The van der Waals surface area contributed by atoms with Crippen LogP contribution in [0.2, 0.25) is 0 Å². The van der Waals surface area contributed by atoms with Gasteiger partial charge in [0.1, 0.15) is 11.7 Å². The van der Waals surface area contributed by atoms with Crippen molar-refractivity contribution in [2.75, 3.05) is 11.1 Å². The predicted molar refractivity (Wildman–Crippen MR) is 112 cm³/mol. The monoisotopic (exact) mass is 387 g/mol. The molecule has 0 aliphatic heterocycles. The van der Waals surface area contributed by atoms with Crippen molar-refractivity contribution >= 4 is 28.9 Å². The highest BCUT2D eigenvalue weighted by atomic mass is 16.2. The van der Waals surface area contributed by atoms with Gasteiger partial charge in [-0.3, -0.25) is 9.59 Å². The third-order valence-electron chi connectivity index (χ3n) is 4.38. The normalized spacial score (nSPS) is 11.3. The van der Waals surface area contributed by atoms with E-state index in [2.05, 4.69) is 15.7 Å². The number of hydrogen-bond donors (Lipinski definition) is 4. The molecule has 0 saturated heterocycles. The zero-order chi connectivity index (χ0) is 20.6. The molecule has 29 heavy (non-hydrogen) atoms. The van der Waals surface area contributed by atoms with Gasteiger partial charge in [-0.2, -0.15) is 5.11 Å². The fraction of sp³-hybridized carbons (Fsp3) is 0.0909. The van der Waals surface area contributed by atoms with Crippen molar-refractivity contribution in [2.45, 2.75) is 12.5 Å². The Morgan fingerprint density at radius 1 is 0.931 bits per heavy atom. The summed E-state index contributed by atoms with van der Waals surface area (Å²) in [6, 6.07) is 22.2. The Morgan fingerprint density at radius 2 is 1.59 bits per heavy atom. The van der Waals surface area contributed by atoms with E-state index in [0.717, 1.165) is 5.56 Å². The first-order valence-electron chi connectivity index (χ1n) is 9.05. The molecule has 0 radical (unpaired) electrons. The van der Waals surface area contributed by atoms with E-state index in [0.29, 0.717) is 17.7 Å². The molecule has 3 rings (SSSR count). The van der Waals surface area contributed by atoms with Crippen molar-refractivity contribution in [3.63, 3.8) is 0 Å². The molecule has 0 aliphatic carbocycles. The first-order chi connectivity index (χ1) is 14.1. The summed E-state index contributed by atoms with van der Waals surface area (Å²) in [4.78, 5) is 25.6. The number of carbonyl (C=O) groups is 2. The topological polar surface area (TPSA) is 120 Å². The summed E-state index contributed by atoms with van der Waals surface area (Å²) in [6.45, 7) is 0. The van der Waals surface area contributed by atoms with Crippen LogP contribution in [0.25, 0.3) is 0 Å². The van der Waals surface area contributed by atoms with Crippen LogP contribution in [-0.4, -0.2) is 17.9 Å². The summed E-state index contributed by atoms with van der Waals surface area (Å²) < 4.78 is 0. The van der Waals surface area contributed by atoms with E-state index >= 15 is 0 Å². The van der Waals surface area contributed by atoms with Crippen LogP contribution in [0.3, 0.4) is 0 Å². The SMILES string of the molecule is N=Nc1c(N)cccc1NC(=O)C(Cc1ccccc1)NC(=O)c1ccccc1. The molecule has 3 aromatic rings.